The van der Waals surface area contributed by atoms with Crippen molar-refractivity contribution >= 4 is 17.2 Å². The van der Waals surface area contributed by atoms with Crippen molar-refractivity contribution in [2.75, 3.05) is 19.7 Å². The van der Waals surface area contributed by atoms with E-state index in [0.717, 1.165) is 29.2 Å². The Hall–Kier alpha value is -1.70. The van der Waals surface area contributed by atoms with E-state index >= 15 is 0 Å². The van der Waals surface area contributed by atoms with Gasteiger partial charge in [-0.05, 0) is 25.5 Å². The van der Waals surface area contributed by atoms with Gasteiger partial charge < -0.3 is 18.9 Å². The van der Waals surface area contributed by atoms with Crippen LogP contribution in [-0.4, -0.2) is 51.8 Å². The van der Waals surface area contributed by atoms with Crippen LogP contribution in [0.15, 0.2) is 23.7 Å². The number of rotatable bonds is 4. The third-order valence-electron chi connectivity index (χ3n) is 4.99. The Kier molecular flexibility index (Phi) is 4.39. The number of carbonyl (C=O) groups is 1. The van der Waals surface area contributed by atoms with Crippen molar-refractivity contribution in [1.82, 2.24) is 14.5 Å². The molecule has 2 saturated heterocycles. The third kappa shape index (κ3) is 3.36. The molecule has 7 heteroatoms. The fourth-order valence-corrected chi connectivity index (χ4v) is 4.26. The third-order valence-corrected chi connectivity index (χ3v) is 5.81. The monoisotopic (exact) mass is 361 g/mol. The smallest absolute Gasteiger partial charge is 0.270 e. The number of aryl methyl sites for hydroxylation is 2. The summed E-state index contributed by atoms with van der Waals surface area (Å²) in [5, 5.41) is 3.12. The first-order valence-corrected chi connectivity index (χ1v) is 9.50. The minimum atomic E-state index is -0.234. The highest BCUT2D eigenvalue weighted by Gasteiger charge is 2.50. The molecule has 0 aliphatic carbocycles. The van der Waals surface area contributed by atoms with Gasteiger partial charge in [-0.2, -0.15) is 0 Å². The van der Waals surface area contributed by atoms with Crippen molar-refractivity contribution in [3.63, 3.8) is 0 Å². The maximum Gasteiger partial charge on any atom is 0.270 e. The Morgan fingerprint density at radius 2 is 2.36 bits per heavy atom. The van der Waals surface area contributed by atoms with Crippen LogP contribution in [0.4, 0.5) is 0 Å². The normalized spacial score (nSPS) is 22.2. The van der Waals surface area contributed by atoms with Crippen molar-refractivity contribution in [1.29, 1.82) is 0 Å². The highest BCUT2D eigenvalue weighted by Crippen LogP contribution is 2.36. The Bertz CT molecular complexity index is 763. The van der Waals surface area contributed by atoms with E-state index in [1.54, 1.807) is 11.3 Å². The van der Waals surface area contributed by atoms with Gasteiger partial charge in [-0.25, -0.2) is 4.98 Å². The first kappa shape index (κ1) is 16.8. The summed E-state index contributed by atoms with van der Waals surface area (Å²) in [7, 11) is 1.89. The molecular formula is C18H23N3O3S. The molecular weight excluding hydrogens is 338 g/mol. The molecule has 0 radical (unpaired) electrons. The molecule has 0 N–H and O–H groups in total. The Labute approximate surface area is 151 Å². The molecule has 4 rings (SSSR count). The van der Waals surface area contributed by atoms with Crippen molar-refractivity contribution in [2.45, 2.75) is 38.1 Å². The van der Waals surface area contributed by atoms with Gasteiger partial charge in [0.25, 0.3) is 5.91 Å². The van der Waals surface area contributed by atoms with Crippen LogP contribution in [0.25, 0.3) is 0 Å². The number of carbonyl (C=O) groups excluding carboxylic acids is 1. The summed E-state index contributed by atoms with van der Waals surface area (Å²) in [4.78, 5) is 18.8. The lowest BCUT2D eigenvalue weighted by atomic mass is 9.84. The quantitative estimate of drug-likeness (QED) is 0.839. The van der Waals surface area contributed by atoms with Gasteiger partial charge in [-0.15, -0.1) is 11.3 Å². The summed E-state index contributed by atoms with van der Waals surface area (Å²) < 4.78 is 13.9. The molecule has 0 saturated carbocycles. The molecule has 4 heterocycles. The summed E-state index contributed by atoms with van der Waals surface area (Å²) >= 11 is 1.65. The summed E-state index contributed by atoms with van der Waals surface area (Å²) in [6.45, 7) is 4.54. The molecule has 0 aromatic carbocycles. The Balaban J connectivity index is 1.31. The lowest BCUT2D eigenvalue weighted by Gasteiger charge is -2.52. The minimum absolute atomic E-state index is 0.0720. The average molecular weight is 361 g/mol. The second kappa shape index (κ2) is 6.55. The van der Waals surface area contributed by atoms with Gasteiger partial charge in [0, 0.05) is 31.7 Å². The molecule has 2 aliphatic heterocycles. The zero-order valence-corrected chi connectivity index (χ0v) is 15.4. The van der Waals surface area contributed by atoms with Crippen LogP contribution >= 0.6 is 11.3 Å². The van der Waals surface area contributed by atoms with Crippen LogP contribution < -0.4 is 0 Å². The lowest BCUT2D eigenvalue weighted by molar-refractivity contribution is -0.188. The second-order valence-electron chi connectivity index (χ2n) is 6.98. The molecule has 1 amide bonds. The van der Waals surface area contributed by atoms with Gasteiger partial charge in [0.05, 0.1) is 36.5 Å². The number of ether oxygens (including phenoxy) is 2. The molecule has 1 spiro atoms. The fraction of sp³-hybridized carbons (Fsp3) is 0.556. The maximum atomic E-state index is 12.5. The van der Waals surface area contributed by atoms with E-state index in [0.29, 0.717) is 26.3 Å². The molecule has 0 unspecified atom stereocenters. The van der Waals surface area contributed by atoms with Gasteiger partial charge in [0.15, 0.2) is 0 Å². The predicted molar refractivity (Wildman–Crippen MR) is 94.7 cm³/mol. The molecule has 6 nitrogen and oxygen atoms in total. The largest absolute Gasteiger partial charge is 0.372 e. The molecule has 25 heavy (non-hydrogen) atoms. The maximum absolute atomic E-state index is 12.5. The van der Waals surface area contributed by atoms with E-state index in [9.17, 15) is 4.79 Å². The van der Waals surface area contributed by atoms with Crippen LogP contribution in [0.2, 0.25) is 0 Å². The van der Waals surface area contributed by atoms with Gasteiger partial charge in [0.1, 0.15) is 11.3 Å². The fourth-order valence-electron chi connectivity index (χ4n) is 3.66. The highest BCUT2D eigenvalue weighted by molar-refractivity contribution is 7.09. The number of aromatic nitrogens is 2. The van der Waals surface area contributed by atoms with E-state index in [4.69, 9.17) is 9.47 Å². The van der Waals surface area contributed by atoms with Gasteiger partial charge >= 0.3 is 0 Å². The van der Waals surface area contributed by atoms with E-state index in [-0.39, 0.29) is 17.6 Å². The SMILES string of the molecule is Cc1nc(CO[C@@H]2CCOC3(C2)CN(C(=O)c2cccn2C)C3)cs1. The summed E-state index contributed by atoms with van der Waals surface area (Å²) in [5.74, 6) is 0.0720. The Morgan fingerprint density at radius 3 is 3.04 bits per heavy atom. The zero-order valence-electron chi connectivity index (χ0n) is 14.6. The number of nitrogens with zero attached hydrogens (tertiary/aromatic N) is 3. The molecule has 2 aromatic heterocycles. The van der Waals surface area contributed by atoms with Crippen LogP contribution in [0.3, 0.4) is 0 Å². The van der Waals surface area contributed by atoms with E-state index in [2.05, 4.69) is 4.98 Å². The van der Waals surface area contributed by atoms with Crippen molar-refractivity contribution < 1.29 is 14.3 Å². The molecule has 2 fully saturated rings. The number of thiazole rings is 1. The molecule has 1 atom stereocenters. The first-order valence-electron chi connectivity index (χ1n) is 8.62. The topological polar surface area (TPSA) is 56.6 Å². The van der Waals surface area contributed by atoms with Crippen molar-refractivity contribution in [3.8, 4) is 0 Å². The summed E-state index contributed by atoms with van der Waals surface area (Å²) in [6, 6.07) is 3.75. The van der Waals surface area contributed by atoms with Crippen LogP contribution in [0.5, 0.6) is 0 Å². The number of likely N-dealkylation sites (tertiary alicyclic amines) is 1. The number of hydrogen-bond donors (Lipinski definition) is 0. The van der Waals surface area contributed by atoms with E-state index < -0.39 is 0 Å². The second-order valence-corrected chi connectivity index (χ2v) is 8.04. The molecule has 134 valence electrons. The minimum Gasteiger partial charge on any atom is -0.372 e. The number of hydrogen-bond acceptors (Lipinski definition) is 5. The average Bonchev–Trinajstić information content (AvgIpc) is 3.18. The predicted octanol–water partition coefficient (Wildman–Crippen LogP) is 2.38. The van der Waals surface area contributed by atoms with Gasteiger partial charge in [-0.1, -0.05) is 0 Å². The Morgan fingerprint density at radius 1 is 1.52 bits per heavy atom. The van der Waals surface area contributed by atoms with Gasteiger partial charge in [-0.3, -0.25) is 4.79 Å². The first-order chi connectivity index (χ1) is 12.0. The van der Waals surface area contributed by atoms with E-state index in [1.807, 2.05) is 47.1 Å². The zero-order chi connectivity index (χ0) is 17.4. The van der Waals surface area contributed by atoms with Crippen LogP contribution in [-0.2, 0) is 23.1 Å². The summed E-state index contributed by atoms with van der Waals surface area (Å²) in [6.07, 6.45) is 3.80. The summed E-state index contributed by atoms with van der Waals surface area (Å²) in [5.41, 5.74) is 1.48. The highest BCUT2D eigenvalue weighted by atomic mass is 32.1. The molecule has 2 aliphatic rings. The van der Waals surface area contributed by atoms with Gasteiger partial charge in [0.2, 0.25) is 0 Å². The number of amides is 1. The van der Waals surface area contributed by atoms with Crippen molar-refractivity contribution in [2.24, 2.45) is 7.05 Å². The molecule has 2 aromatic rings. The van der Waals surface area contributed by atoms with E-state index in [1.165, 1.54) is 0 Å². The standard InChI is InChI=1S/C18H23N3O3S/c1-13-19-14(10-25-13)9-23-15-5-7-24-18(8-15)11-21(12-18)17(22)16-4-3-6-20(16)2/h3-4,6,10,15H,5,7-9,11-12H2,1-2H3/t15-/m1/s1. The van der Waals surface area contributed by atoms with Crippen LogP contribution in [0, 0.1) is 6.92 Å². The van der Waals surface area contributed by atoms with Crippen LogP contribution in [0.1, 0.15) is 34.0 Å². The molecule has 0 bridgehead atoms. The van der Waals surface area contributed by atoms with Crippen molar-refractivity contribution in [3.05, 3.63) is 40.1 Å². The lowest BCUT2D eigenvalue weighted by Crippen LogP contribution is -2.67.